The number of anilines is 1. The van der Waals surface area contributed by atoms with Crippen LogP contribution in [0.2, 0.25) is 0 Å². The van der Waals surface area contributed by atoms with E-state index in [1.807, 2.05) is 6.92 Å². The van der Waals surface area contributed by atoms with Gasteiger partial charge in [-0.05, 0) is 87.1 Å². The second-order valence-electron chi connectivity index (χ2n) is 9.23. The Labute approximate surface area is 255 Å². The van der Waals surface area contributed by atoms with Gasteiger partial charge in [-0.2, -0.15) is 5.10 Å². The zero-order valence-electron chi connectivity index (χ0n) is 23.2. The zero-order valence-corrected chi connectivity index (χ0v) is 25.6. The monoisotopic (exact) mass is 655 g/mol. The van der Waals surface area contributed by atoms with E-state index in [-0.39, 0.29) is 17.4 Å². The number of thiophene rings is 1. The van der Waals surface area contributed by atoms with E-state index in [9.17, 15) is 19.2 Å². The minimum atomic E-state index is -1.04. The van der Waals surface area contributed by atoms with Gasteiger partial charge in [-0.1, -0.05) is 22.9 Å². The molecule has 0 aliphatic heterocycles. The van der Waals surface area contributed by atoms with Crippen LogP contribution in [0.15, 0.2) is 52.0 Å². The molecule has 12 heteroatoms. The molecule has 0 fully saturated rings. The Morgan fingerprint density at radius 3 is 2.50 bits per heavy atom. The average Bonchev–Trinajstić information content (AvgIpc) is 3.35. The number of hydrogen-bond donors (Lipinski definition) is 2. The number of nitrogens with one attached hydrogen (secondary N) is 2. The number of hydrogen-bond acceptors (Lipinski definition) is 9. The highest BCUT2D eigenvalue weighted by Crippen LogP contribution is 2.38. The third kappa shape index (κ3) is 7.83. The van der Waals surface area contributed by atoms with Crippen molar-refractivity contribution in [1.29, 1.82) is 0 Å². The number of carbonyl (C=O) groups excluding carboxylic acids is 4. The number of nitrogens with zero attached hydrogens (tertiary/aromatic N) is 1. The molecule has 2 amide bonds. The van der Waals surface area contributed by atoms with Crippen molar-refractivity contribution in [2.75, 3.05) is 18.5 Å². The fraction of sp³-hybridized carbons (Fsp3) is 0.300. The number of rotatable bonds is 10. The number of ether oxygens (including phenoxy) is 3. The lowest BCUT2D eigenvalue weighted by Crippen LogP contribution is -2.32. The molecule has 3 aromatic rings. The number of hydrazone groups is 1. The molecule has 1 aliphatic carbocycles. The van der Waals surface area contributed by atoms with Crippen molar-refractivity contribution in [1.82, 2.24) is 5.43 Å². The van der Waals surface area contributed by atoms with Crippen molar-refractivity contribution in [3.8, 4) is 11.5 Å². The van der Waals surface area contributed by atoms with E-state index >= 15 is 0 Å². The van der Waals surface area contributed by atoms with Crippen LogP contribution >= 0.6 is 27.3 Å². The Balaban J connectivity index is 1.41. The Bertz CT molecular complexity index is 1500. The summed E-state index contributed by atoms with van der Waals surface area (Å²) in [4.78, 5) is 51.6. The lowest BCUT2D eigenvalue weighted by molar-refractivity contribution is -0.136. The number of amides is 2. The second kappa shape index (κ2) is 14.7. The molecule has 2 aromatic carbocycles. The maximum absolute atomic E-state index is 12.7. The van der Waals surface area contributed by atoms with Crippen LogP contribution in [0.4, 0.5) is 5.00 Å². The van der Waals surface area contributed by atoms with Crippen LogP contribution < -0.4 is 20.2 Å². The summed E-state index contributed by atoms with van der Waals surface area (Å²) in [6.07, 6.45) is 5.57. The number of carbonyl (C=O) groups is 4. The standard InChI is InChI=1S/C30H30BrN3O7S/c1-3-15-40-21-12-9-18(10-13-21)29(37)41-23-14-11-20(31)16-19(23)17-32-34-27(36)26(35)33-28-25(30(38)39-4-2)22-7-5-6-8-24(22)42-28/h9-14,16-17H,3-8,15H2,1-2H3,(H,33,35)(H,34,36). The summed E-state index contributed by atoms with van der Waals surface area (Å²) in [5, 5.41) is 6.71. The first-order valence-corrected chi connectivity index (χ1v) is 15.1. The van der Waals surface area contributed by atoms with Crippen molar-refractivity contribution in [2.45, 2.75) is 46.0 Å². The van der Waals surface area contributed by atoms with Crippen LogP contribution in [-0.4, -0.2) is 43.2 Å². The van der Waals surface area contributed by atoms with E-state index in [4.69, 9.17) is 14.2 Å². The van der Waals surface area contributed by atoms with Crippen molar-refractivity contribution >= 4 is 62.2 Å². The van der Waals surface area contributed by atoms with Crippen molar-refractivity contribution in [3.05, 3.63) is 74.1 Å². The lowest BCUT2D eigenvalue weighted by Gasteiger charge is -2.12. The van der Waals surface area contributed by atoms with Gasteiger partial charge in [0.1, 0.15) is 16.5 Å². The summed E-state index contributed by atoms with van der Waals surface area (Å²) in [6.45, 7) is 4.48. The van der Waals surface area contributed by atoms with Gasteiger partial charge in [-0.3, -0.25) is 9.59 Å². The number of benzene rings is 2. The van der Waals surface area contributed by atoms with Crippen molar-refractivity contribution in [3.63, 3.8) is 0 Å². The molecule has 10 nitrogen and oxygen atoms in total. The lowest BCUT2D eigenvalue weighted by atomic mass is 9.95. The van der Waals surface area contributed by atoms with E-state index in [0.717, 1.165) is 36.1 Å². The van der Waals surface area contributed by atoms with Crippen LogP contribution in [0.1, 0.15) is 69.8 Å². The second-order valence-corrected chi connectivity index (χ2v) is 11.3. The fourth-order valence-electron chi connectivity index (χ4n) is 4.22. The summed E-state index contributed by atoms with van der Waals surface area (Å²) >= 11 is 4.65. The summed E-state index contributed by atoms with van der Waals surface area (Å²) in [5.74, 6) is -2.29. The molecule has 0 unspecified atom stereocenters. The van der Waals surface area contributed by atoms with E-state index in [2.05, 4.69) is 31.8 Å². The van der Waals surface area contributed by atoms with Gasteiger partial charge >= 0.3 is 23.8 Å². The molecule has 220 valence electrons. The third-order valence-corrected chi connectivity index (χ3v) is 7.89. The molecule has 0 spiro atoms. The average molecular weight is 657 g/mol. The number of halogens is 1. The Morgan fingerprint density at radius 1 is 1.00 bits per heavy atom. The van der Waals surface area contributed by atoms with Crippen LogP contribution in [0.5, 0.6) is 11.5 Å². The van der Waals surface area contributed by atoms with Gasteiger partial charge in [0.15, 0.2) is 0 Å². The molecule has 0 atom stereocenters. The first kappa shape index (κ1) is 30.9. The third-order valence-electron chi connectivity index (χ3n) is 6.19. The molecule has 1 heterocycles. The predicted octanol–water partition coefficient (Wildman–Crippen LogP) is 5.66. The highest BCUT2D eigenvalue weighted by Gasteiger charge is 2.28. The molecule has 0 saturated heterocycles. The van der Waals surface area contributed by atoms with E-state index in [1.54, 1.807) is 49.4 Å². The van der Waals surface area contributed by atoms with Gasteiger partial charge in [0.05, 0.1) is 30.6 Å². The Kier molecular flexibility index (Phi) is 10.8. The SMILES string of the molecule is CCCOc1ccc(C(=O)Oc2ccc(Br)cc2C=NNC(=O)C(=O)Nc2sc3c(c2C(=O)OCC)CCCC3)cc1. The fourth-order valence-corrected chi connectivity index (χ4v) is 5.87. The molecule has 0 saturated carbocycles. The number of fused-ring (bicyclic) bond motifs is 1. The Hall–Kier alpha value is -4.03. The summed E-state index contributed by atoms with van der Waals surface area (Å²) in [7, 11) is 0. The first-order chi connectivity index (χ1) is 20.3. The molecule has 42 heavy (non-hydrogen) atoms. The molecule has 0 bridgehead atoms. The predicted molar refractivity (Wildman–Crippen MR) is 163 cm³/mol. The summed E-state index contributed by atoms with van der Waals surface area (Å²) in [5.41, 5.74) is 4.06. The van der Waals surface area contributed by atoms with Crippen molar-refractivity contribution in [2.24, 2.45) is 5.10 Å². The number of esters is 2. The van der Waals surface area contributed by atoms with E-state index in [1.165, 1.54) is 17.6 Å². The van der Waals surface area contributed by atoms with Crippen LogP contribution in [0, 0.1) is 0 Å². The van der Waals surface area contributed by atoms with Crippen LogP contribution in [0.25, 0.3) is 0 Å². The largest absolute Gasteiger partial charge is 0.494 e. The van der Waals surface area contributed by atoms with Gasteiger partial charge in [0.25, 0.3) is 0 Å². The van der Waals surface area contributed by atoms with E-state index in [0.29, 0.717) is 39.9 Å². The van der Waals surface area contributed by atoms with Gasteiger partial charge in [0.2, 0.25) is 0 Å². The minimum Gasteiger partial charge on any atom is -0.494 e. The molecule has 2 N–H and O–H groups in total. The quantitative estimate of drug-likeness (QED) is 0.0946. The van der Waals surface area contributed by atoms with Gasteiger partial charge in [-0.25, -0.2) is 15.0 Å². The maximum Gasteiger partial charge on any atom is 0.343 e. The zero-order chi connectivity index (χ0) is 30.1. The smallest absolute Gasteiger partial charge is 0.343 e. The molecule has 1 aromatic heterocycles. The molecular weight excluding hydrogens is 626 g/mol. The summed E-state index contributed by atoms with van der Waals surface area (Å²) < 4.78 is 17.0. The van der Waals surface area contributed by atoms with Crippen LogP contribution in [0.3, 0.4) is 0 Å². The maximum atomic E-state index is 12.7. The van der Waals surface area contributed by atoms with Gasteiger partial charge in [0, 0.05) is 14.9 Å². The normalized spacial score (nSPS) is 12.4. The molecule has 1 aliphatic rings. The number of aryl methyl sites for hydroxylation is 1. The van der Waals surface area contributed by atoms with Gasteiger partial charge in [-0.15, -0.1) is 11.3 Å². The Morgan fingerprint density at radius 2 is 1.76 bits per heavy atom. The molecular formula is C30H30BrN3O7S. The highest BCUT2D eigenvalue weighted by molar-refractivity contribution is 9.10. The van der Waals surface area contributed by atoms with Gasteiger partial charge < -0.3 is 19.5 Å². The molecule has 0 radical (unpaired) electrons. The highest BCUT2D eigenvalue weighted by atomic mass is 79.9. The molecule has 4 rings (SSSR count). The topological polar surface area (TPSA) is 132 Å². The first-order valence-electron chi connectivity index (χ1n) is 13.5. The minimum absolute atomic E-state index is 0.194. The van der Waals surface area contributed by atoms with Crippen LogP contribution in [-0.2, 0) is 27.2 Å². The summed E-state index contributed by atoms with van der Waals surface area (Å²) in [6, 6.07) is 11.5. The van der Waals surface area contributed by atoms with E-state index < -0.39 is 23.8 Å². The van der Waals surface area contributed by atoms with Crippen molar-refractivity contribution < 1.29 is 33.4 Å².